The van der Waals surface area contributed by atoms with Gasteiger partial charge in [0.2, 0.25) is 0 Å². The van der Waals surface area contributed by atoms with Gasteiger partial charge in [0.25, 0.3) is 0 Å². The van der Waals surface area contributed by atoms with E-state index < -0.39 is 5.54 Å². The number of nitrogens with one attached hydrogen (secondary N) is 1. The maximum atomic E-state index is 12.0. The quantitative estimate of drug-likeness (QED) is 0.690. The molecule has 0 rings (SSSR count). The first-order chi connectivity index (χ1) is 8.25. The average Bonchev–Trinajstić information content (AvgIpc) is 2.25. The SMILES string of the molecule is CCC(C)SC(C)CC(C)(NC(C)C)C(=O)OC. The predicted molar refractivity (Wildman–Crippen MR) is 80.1 cm³/mol. The number of methoxy groups -OCH3 is 1. The Hall–Kier alpha value is -0.220. The molecule has 18 heavy (non-hydrogen) atoms. The lowest BCUT2D eigenvalue weighted by atomic mass is 9.95. The van der Waals surface area contributed by atoms with E-state index >= 15 is 0 Å². The Morgan fingerprint density at radius 3 is 2.22 bits per heavy atom. The molecular weight excluding hydrogens is 246 g/mol. The molecule has 0 aliphatic heterocycles. The van der Waals surface area contributed by atoms with Crippen molar-refractivity contribution >= 4 is 17.7 Å². The van der Waals surface area contributed by atoms with E-state index in [2.05, 4.69) is 26.1 Å². The molecule has 0 saturated heterocycles. The summed E-state index contributed by atoms with van der Waals surface area (Å²) in [5.41, 5.74) is -0.594. The summed E-state index contributed by atoms with van der Waals surface area (Å²) >= 11 is 1.93. The largest absolute Gasteiger partial charge is 0.468 e. The molecule has 0 spiro atoms. The molecule has 3 unspecified atom stereocenters. The lowest BCUT2D eigenvalue weighted by molar-refractivity contribution is -0.148. The summed E-state index contributed by atoms with van der Waals surface area (Å²) in [6, 6.07) is 0.259. The summed E-state index contributed by atoms with van der Waals surface area (Å²) in [5.74, 6) is -0.173. The molecule has 0 aromatic rings. The van der Waals surface area contributed by atoms with Gasteiger partial charge in [-0.15, -0.1) is 0 Å². The maximum Gasteiger partial charge on any atom is 0.325 e. The number of hydrogen-bond donors (Lipinski definition) is 1. The third kappa shape index (κ3) is 6.10. The van der Waals surface area contributed by atoms with Gasteiger partial charge < -0.3 is 4.74 Å². The minimum Gasteiger partial charge on any atom is -0.468 e. The van der Waals surface area contributed by atoms with Crippen LogP contribution in [0.15, 0.2) is 0 Å². The summed E-state index contributed by atoms with van der Waals surface area (Å²) in [6.07, 6.45) is 1.94. The summed E-state index contributed by atoms with van der Waals surface area (Å²) < 4.78 is 4.94. The van der Waals surface area contributed by atoms with Gasteiger partial charge in [0, 0.05) is 16.5 Å². The molecule has 0 bridgehead atoms. The number of hydrogen-bond acceptors (Lipinski definition) is 4. The Morgan fingerprint density at radius 1 is 1.28 bits per heavy atom. The second kappa shape index (κ2) is 8.05. The van der Waals surface area contributed by atoms with Gasteiger partial charge in [-0.25, -0.2) is 0 Å². The van der Waals surface area contributed by atoms with Gasteiger partial charge in [0.05, 0.1) is 7.11 Å². The van der Waals surface area contributed by atoms with Gasteiger partial charge in [-0.3, -0.25) is 10.1 Å². The van der Waals surface area contributed by atoms with E-state index in [4.69, 9.17) is 4.74 Å². The highest BCUT2D eigenvalue weighted by Crippen LogP contribution is 2.27. The summed E-state index contributed by atoms with van der Waals surface area (Å²) in [4.78, 5) is 12.0. The molecule has 108 valence electrons. The van der Waals surface area contributed by atoms with E-state index in [1.807, 2.05) is 32.5 Å². The highest BCUT2D eigenvalue weighted by Gasteiger charge is 2.36. The molecule has 0 heterocycles. The fourth-order valence-electron chi connectivity index (χ4n) is 2.18. The first-order valence-corrected chi connectivity index (χ1v) is 7.71. The van der Waals surface area contributed by atoms with Crippen molar-refractivity contribution in [2.75, 3.05) is 7.11 Å². The molecule has 0 aliphatic carbocycles. The number of esters is 1. The van der Waals surface area contributed by atoms with E-state index in [0.717, 1.165) is 12.8 Å². The Balaban J connectivity index is 4.63. The van der Waals surface area contributed by atoms with Crippen LogP contribution in [-0.2, 0) is 9.53 Å². The van der Waals surface area contributed by atoms with E-state index in [0.29, 0.717) is 10.5 Å². The van der Waals surface area contributed by atoms with Crippen molar-refractivity contribution in [3.8, 4) is 0 Å². The van der Waals surface area contributed by atoms with Crippen LogP contribution >= 0.6 is 11.8 Å². The standard InChI is InChI=1S/C14H29NO2S/c1-8-11(4)18-12(5)9-14(6,13(16)17-7)15-10(2)3/h10-12,15H,8-9H2,1-7H3. The molecule has 3 atom stereocenters. The average molecular weight is 275 g/mol. The van der Waals surface area contributed by atoms with E-state index in [-0.39, 0.29) is 12.0 Å². The zero-order valence-corrected chi connectivity index (χ0v) is 13.7. The highest BCUT2D eigenvalue weighted by molar-refractivity contribution is 8.00. The second-order valence-electron chi connectivity index (χ2n) is 5.49. The van der Waals surface area contributed by atoms with Crippen LogP contribution < -0.4 is 5.32 Å². The van der Waals surface area contributed by atoms with Crippen LogP contribution in [0.1, 0.15) is 54.4 Å². The number of carbonyl (C=O) groups is 1. The van der Waals surface area contributed by atoms with Crippen molar-refractivity contribution in [2.45, 2.75) is 76.5 Å². The predicted octanol–water partition coefficient (Wildman–Crippen LogP) is 3.23. The van der Waals surface area contributed by atoms with E-state index in [1.165, 1.54) is 7.11 Å². The van der Waals surface area contributed by atoms with Crippen LogP contribution in [0.4, 0.5) is 0 Å². The lowest BCUT2D eigenvalue weighted by Crippen LogP contribution is -2.54. The van der Waals surface area contributed by atoms with Crippen molar-refractivity contribution in [2.24, 2.45) is 0 Å². The van der Waals surface area contributed by atoms with Crippen molar-refractivity contribution in [1.29, 1.82) is 0 Å². The van der Waals surface area contributed by atoms with Crippen LogP contribution in [-0.4, -0.2) is 35.2 Å². The maximum absolute atomic E-state index is 12.0. The lowest BCUT2D eigenvalue weighted by Gasteiger charge is -2.33. The number of rotatable bonds is 8. The van der Waals surface area contributed by atoms with Gasteiger partial charge in [0.1, 0.15) is 5.54 Å². The summed E-state index contributed by atoms with van der Waals surface area (Å²) in [6.45, 7) is 12.6. The van der Waals surface area contributed by atoms with Crippen LogP contribution in [0.5, 0.6) is 0 Å². The summed E-state index contributed by atoms with van der Waals surface area (Å²) in [5, 5.41) is 4.39. The molecule has 4 heteroatoms. The smallest absolute Gasteiger partial charge is 0.325 e. The van der Waals surface area contributed by atoms with Crippen LogP contribution in [0.25, 0.3) is 0 Å². The van der Waals surface area contributed by atoms with Gasteiger partial charge in [-0.2, -0.15) is 11.8 Å². The van der Waals surface area contributed by atoms with Crippen LogP contribution in [0, 0.1) is 0 Å². The molecular formula is C14H29NO2S. The Bertz CT molecular complexity index is 258. The Kier molecular flexibility index (Phi) is 7.95. The van der Waals surface area contributed by atoms with Crippen molar-refractivity contribution in [1.82, 2.24) is 5.32 Å². The Morgan fingerprint density at radius 2 is 1.83 bits per heavy atom. The molecule has 0 saturated carbocycles. The Labute approximate surface area is 116 Å². The molecule has 0 amide bonds. The zero-order valence-electron chi connectivity index (χ0n) is 12.9. The monoisotopic (exact) mass is 275 g/mol. The number of ether oxygens (including phenoxy) is 1. The first kappa shape index (κ1) is 17.8. The number of carbonyl (C=O) groups excluding carboxylic acids is 1. The van der Waals surface area contributed by atoms with Crippen molar-refractivity contribution in [3.63, 3.8) is 0 Å². The normalized spacial score (nSPS) is 18.2. The highest BCUT2D eigenvalue weighted by atomic mass is 32.2. The van der Waals surface area contributed by atoms with Gasteiger partial charge in [-0.1, -0.05) is 20.8 Å². The molecule has 0 aromatic heterocycles. The number of thioether (sulfide) groups is 1. The molecule has 3 nitrogen and oxygen atoms in total. The molecule has 0 radical (unpaired) electrons. The first-order valence-electron chi connectivity index (χ1n) is 6.76. The summed E-state index contributed by atoms with van der Waals surface area (Å²) in [7, 11) is 1.45. The third-order valence-electron chi connectivity index (χ3n) is 2.98. The van der Waals surface area contributed by atoms with Gasteiger partial charge in [0.15, 0.2) is 0 Å². The minimum absolute atomic E-state index is 0.173. The van der Waals surface area contributed by atoms with Gasteiger partial charge in [-0.05, 0) is 33.6 Å². The van der Waals surface area contributed by atoms with Crippen LogP contribution in [0.3, 0.4) is 0 Å². The van der Waals surface area contributed by atoms with E-state index in [9.17, 15) is 4.79 Å². The molecule has 0 fully saturated rings. The molecule has 0 aromatic carbocycles. The fourth-order valence-corrected chi connectivity index (χ4v) is 3.59. The second-order valence-corrected chi connectivity index (χ2v) is 7.37. The minimum atomic E-state index is -0.594. The molecule has 1 N–H and O–H groups in total. The van der Waals surface area contributed by atoms with E-state index in [1.54, 1.807) is 0 Å². The fraction of sp³-hybridized carbons (Fsp3) is 0.929. The van der Waals surface area contributed by atoms with Crippen molar-refractivity contribution in [3.05, 3.63) is 0 Å². The molecule has 0 aliphatic rings. The zero-order chi connectivity index (χ0) is 14.3. The topological polar surface area (TPSA) is 38.3 Å². The van der Waals surface area contributed by atoms with Gasteiger partial charge >= 0.3 is 5.97 Å². The van der Waals surface area contributed by atoms with Crippen molar-refractivity contribution < 1.29 is 9.53 Å². The third-order valence-corrected chi connectivity index (χ3v) is 4.41. The van der Waals surface area contributed by atoms with Crippen LogP contribution in [0.2, 0.25) is 0 Å².